The maximum absolute atomic E-state index is 14.2. The summed E-state index contributed by atoms with van der Waals surface area (Å²) in [5.74, 6) is 0.278. The van der Waals surface area contributed by atoms with Gasteiger partial charge in [0.2, 0.25) is 5.91 Å². The van der Waals surface area contributed by atoms with Crippen LogP contribution in [-0.2, 0) is 4.79 Å². The first kappa shape index (κ1) is 14.4. The van der Waals surface area contributed by atoms with E-state index in [4.69, 9.17) is 9.47 Å². The fourth-order valence-electron chi connectivity index (χ4n) is 2.86. The molecule has 2 aromatic carbocycles. The van der Waals surface area contributed by atoms with Gasteiger partial charge in [-0.15, -0.1) is 0 Å². The second kappa shape index (κ2) is 5.67. The Kier molecular flexibility index (Phi) is 3.71. The fourth-order valence-corrected chi connectivity index (χ4v) is 2.86. The molecule has 0 spiro atoms. The molecule has 1 amide bonds. The first-order valence-electron chi connectivity index (χ1n) is 6.94. The number of hydrogen-bond acceptors (Lipinski definition) is 3. The first-order chi connectivity index (χ1) is 10.6. The minimum atomic E-state index is -0.384. The van der Waals surface area contributed by atoms with E-state index in [0.717, 1.165) is 5.56 Å². The Hall–Kier alpha value is -2.56. The Labute approximate surface area is 127 Å². The summed E-state index contributed by atoms with van der Waals surface area (Å²) < 4.78 is 24.8. The van der Waals surface area contributed by atoms with Crippen molar-refractivity contribution in [1.29, 1.82) is 0 Å². The third kappa shape index (κ3) is 2.39. The molecule has 1 aliphatic heterocycles. The van der Waals surface area contributed by atoms with Crippen molar-refractivity contribution in [2.24, 2.45) is 0 Å². The van der Waals surface area contributed by atoms with E-state index in [0.29, 0.717) is 22.7 Å². The summed E-state index contributed by atoms with van der Waals surface area (Å²) in [6, 6.07) is 9.96. The topological polar surface area (TPSA) is 47.6 Å². The molecule has 0 unspecified atom stereocenters. The number of carbonyl (C=O) groups excluding carboxylic acids is 1. The summed E-state index contributed by atoms with van der Waals surface area (Å²) in [5.41, 5.74) is 1.86. The summed E-state index contributed by atoms with van der Waals surface area (Å²) in [4.78, 5) is 12.0. The quantitative estimate of drug-likeness (QED) is 0.946. The van der Waals surface area contributed by atoms with Crippen LogP contribution in [0.3, 0.4) is 0 Å². The Morgan fingerprint density at radius 1 is 1.18 bits per heavy atom. The number of nitrogens with one attached hydrogen (secondary N) is 1. The highest BCUT2D eigenvalue weighted by Crippen LogP contribution is 2.45. The number of hydrogen-bond donors (Lipinski definition) is 1. The van der Waals surface area contributed by atoms with Crippen molar-refractivity contribution in [3.63, 3.8) is 0 Å². The lowest BCUT2D eigenvalue weighted by atomic mass is 9.84. The van der Waals surface area contributed by atoms with Crippen molar-refractivity contribution in [1.82, 2.24) is 0 Å². The molecule has 2 aromatic rings. The number of benzene rings is 2. The highest BCUT2D eigenvalue weighted by atomic mass is 19.1. The molecular weight excluding hydrogens is 285 g/mol. The van der Waals surface area contributed by atoms with Gasteiger partial charge in [-0.25, -0.2) is 4.39 Å². The number of anilines is 1. The van der Waals surface area contributed by atoms with Crippen LogP contribution >= 0.6 is 0 Å². The van der Waals surface area contributed by atoms with Crippen LogP contribution in [0.25, 0.3) is 0 Å². The van der Waals surface area contributed by atoms with Crippen LogP contribution in [0.4, 0.5) is 10.1 Å². The van der Waals surface area contributed by atoms with Crippen molar-refractivity contribution < 1.29 is 18.7 Å². The van der Waals surface area contributed by atoms with E-state index in [9.17, 15) is 9.18 Å². The van der Waals surface area contributed by atoms with Crippen LogP contribution in [-0.4, -0.2) is 20.1 Å². The number of amides is 1. The normalized spacial score (nSPS) is 16.7. The number of halogens is 1. The minimum Gasteiger partial charge on any atom is -0.497 e. The van der Waals surface area contributed by atoms with Gasteiger partial charge in [0.1, 0.15) is 17.3 Å². The van der Waals surface area contributed by atoms with Gasteiger partial charge >= 0.3 is 0 Å². The molecule has 22 heavy (non-hydrogen) atoms. The third-order valence-electron chi connectivity index (χ3n) is 3.86. The molecular formula is C17H16FNO3. The summed E-state index contributed by atoms with van der Waals surface area (Å²) in [5, 5.41) is 2.81. The van der Waals surface area contributed by atoms with Crippen LogP contribution in [0.1, 0.15) is 23.5 Å². The molecule has 0 aliphatic carbocycles. The van der Waals surface area contributed by atoms with Gasteiger partial charge in [-0.1, -0.05) is 18.2 Å². The highest BCUT2D eigenvalue weighted by molar-refractivity contribution is 5.96. The van der Waals surface area contributed by atoms with Crippen molar-refractivity contribution in [3.05, 3.63) is 53.3 Å². The number of methoxy groups -OCH3 is 2. The summed E-state index contributed by atoms with van der Waals surface area (Å²) in [6.07, 6.45) is 0.177. The van der Waals surface area contributed by atoms with E-state index in [2.05, 4.69) is 5.32 Å². The molecule has 0 saturated carbocycles. The van der Waals surface area contributed by atoms with Gasteiger partial charge in [0.15, 0.2) is 0 Å². The third-order valence-corrected chi connectivity index (χ3v) is 3.86. The minimum absolute atomic E-state index is 0.156. The molecule has 0 aromatic heterocycles. The standard InChI is InChI=1S/C17H16FNO3/c1-21-10-7-14-17(15(8-10)22-2)12(9-16(20)19-14)11-5-3-4-6-13(11)18/h3-8,12H,9H2,1-2H3,(H,19,20)/t12-/m0/s1. The molecule has 1 aliphatic rings. The summed E-state index contributed by atoms with van der Waals surface area (Å²) in [7, 11) is 3.09. The Morgan fingerprint density at radius 3 is 2.64 bits per heavy atom. The van der Waals surface area contributed by atoms with Gasteiger partial charge < -0.3 is 14.8 Å². The van der Waals surface area contributed by atoms with Gasteiger partial charge in [-0.3, -0.25) is 4.79 Å². The fraction of sp³-hybridized carbons (Fsp3) is 0.235. The maximum Gasteiger partial charge on any atom is 0.225 e. The van der Waals surface area contributed by atoms with E-state index < -0.39 is 0 Å². The summed E-state index contributed by atoms with van der Waals surface area (Å²) >= 11 is 0. The van der Waals surface area contributed by atoms with Crippen LogP contribution in [0, 0.1) is 5.82 Å². The van der Waals surface area contributed by atoms with E-state index in [-0.39, 0.29) is 24.1 Å². The molecule has 1 heterocycles. The molecule has 0 radical (unpaired) electrons. The van der Waals surface area contributed by atoms with Crippen molar-refractivity contribution in [2.75, 3.05) is 19.5 Å². The Morgan fingerprint density at radius 2 is 1.95 bits per heavy atom. The summed E-state index contributed by atoms with van der Waals surface area (Å²) in [6.45, 7) is 0. The van der Waals surface area contributed by atoms with Gasteiger partial charge in [0.05, 0.1) is 19.9 Å². The van der Waals surface area contributed by atoms with E-state index in [1.807, 2.05) is 0 Å². The Balaban J connectivity index is 2.20. The number of carbonyl (C=O) groups is 1. The SMILES string of the molecule is COc1cc2c(c(OC)c1)[C@H](c1ccccc1F)CC(=O)N2. The lowest BCUT2D eigenvalue weighted by molar-refractivity contribution is -0.116. The molecule has 4 nitrogen and oxygen atoms in total. The van der Waals surface area contributed by atoms with Crippen molar-refractivity contribution in [3.8, 4) is 11.5 Å². The molecule has 3 rings (SSSR count). The Bertz CT molecular complexity index is 730. The van der Waals surface area contributed by atoms with Gasteiger partial charge in [-0.05, 0) is 11.6 Å². The van der Waals surface area contributed by atoms with Crippen LogP contribution in [0.15, 0.2) is 36.4 Å². The lowest BCUT2D eigenvalue weighted by Gasteiger charge is -2.28. The van der Waals surface area contributed by atoms with Crippen LogP contribution in [0.2, 0.25) is 0 Å². The predicted molar refractivity (Wildman–Crippen MR) is 81.0 cm³/mol. The van der Waals surface area contributed by atoms with Crippen LogP contribution < -0.4 is 14.8 Å². The van der Waals surface area contributed by atoms with E-state index in [1.165, 1.54) is 6.07 Å². The highest BCUT2D eigenvalue weighted by Gasteiger charge is 2.31. The average Bonchev–Trinajstić information content (AvgIpc) is 2.53. The maximum atomic E-state index is 14.2. The zero-order chi connectivity index (χ0) is 15.7. The number of rotatable bonds is 3. The monoisotopic (exact) mass is 301 g/mol. The molecule has 0 fully saturated rings. The van der Waals surface area contributed by atoms with Gasteiger partial charge in [0.25, 0.3) is 0 Å². The van der Waals surface area contributed by atoms with Crippen LogP contribution in [0.5, 0.6) is 11.5 Å². The first-order valence-corrected chi connectivity index (χ1v) is 6.94. The average molecular weight is 301 g/mol. The van der Waals surface area contributed by atoms with Crippen molar-refractivity contribution >= 4 is 11.6 Å². The van der Waals surface area contributed by atoms with E-state index in [1.54, 1.807) is 44.6 Å². The smallest absolute Gasteiger partial charge is 0.225 e. The number of ether oxygens (including phenoxy) is 2. The van der Waals surface area contributed by atoms with Gasteiger partial charge in [0, 0.05) is 30.0 Å². The molecule has 1 atom stereocenters. The molecule has 5 heteroatoms. The van der Waals surface area contributed by atoms with Gasteiger partial charge in [-0.2, -0.15) is 0 Å². The zero-order valence-electron chi connectivity index (χ0n) is 12.4. The molecule has 0 bridgehead atoms. The molecule has 0 saturated heterocycles. The number of fused-ring (bicyclic) bond motifs is 1. The predicted octanol–water partition coefficient (Wildman–Crippen LogP) is 3.32. The second-order valence-electron chi connectivity index (χ2n) is 5.12. The zero-order valence-corrected chi connectivity index (χ0v) is 12.4. The molecule has 114 valence electrons. The van der Waals surface area contributed by atoms with E-state index >= 15 is 0 Å². The lowest BCUT2D eigenvalue weighted by Crippen LogP contribution is -2.24. The molecule has 1 N–H and O–H groups in total. The largest absolute Gasteiger partial charge is 0.497 e. The second-order valence-corrected chi connectivity index (χ2v) is 5.12. The van der Waals surface area contributed by atoms with Crippen molar-refractivity contribution in [2.45, 2.75) is 12.3 Å².